The monoisotopic (exact) mass is 265 g/mol. The molecule has 0 saturated carbocycles. The minimum atomic E-state index is -0.181. The van der Waals surface area contributed by atoms with Crippen molar-refractivity contribution in [3.63, 3.8) is 0 Å². The zero-order chi connectivity index (χ0) is 13.7. The second-order valence-corrected chi connectivity index (χ2v) is 4.48. The van der Waals surface area contributed by atoms with Crippen molar-refractivity contribution < 1.29 is 14.6 Å². The van der Waals surface area contributed by atoms with Crippen LogP contribution in [0.5, 0.6) is 5.75 Å². The van der Waals surface area contributed by atoms with E-state index in [-0.39, 0.29) is 17.3 Å². The summed E-state index contributed by atoms with van der Waals surface area (Å²) < 4.78 is 5.25. The van der Waals surface area contributed by atoms with Gasteiger partial charge in [-0.1, -0.05) is 0 Å². The number of nitrogens with one attached hydrogen (secondary N) is 1. The number of carbonyl (C=O) groups is 1. The lowest BCUT2D eigenvalue weighted by Gasteiger charge is -2.26. The zero-order valence-electron chi connectivity index (χ0n) is 10.8. The van der Waals surface area contributed by atoms with E-state index in [4.69, 9.17) is 10.5 Å². The van der Waals surface area contributed by atoms with Crippen LogP contribution in [0, 0.1) is 0 Å². The molecule has 0 aliphatic carbocycles. The molecule has 0 unspecified atom stereocenters. The molecule has 2 rings (SSSR count). The Morgan fingerprint density at radius 2 is 2.16 bits per heavy atom. The van der Waals surface area contributed by atoms with E-state index in [0.29, 0.717) is 12.1 Å². The highest BCUT2D eigenvalue weighted by molar-refractivity contribution is 5.95. The van der Waals surface area contributed by atoms with Gasteiger partial charge in [0.1, 0.15) is 5.75 Å². The predicted octanol–water partition coefficient (Wildman–Crippen LogP) is 0.0364. The van der Waals surface area contributed by atoms with Crippen LogP contribution in [0.1, 0.15) is 10.4 Å². The van der Waals surface area contributed by atoms with E-state index in [2.05, 4.69) is 10.2 Å². The van der Waals surface area contributed by atoms with Crippen LogP contribution in [0.15, 0.2) is 18.2 Å². The van der Waals surface area contributed by atoms with E-state index in [0.717, 1.165) is 32.8 Å². The molecule has 1 amide bonds. The Balaban J connectivity index is 1.78. The topological polar surface area (TPSA) is 87.8 Å². The quantitative estimate of drug-likeness (QED) is 0.528. The van der Waals surface area contributed by atoms with Crippen LogP contribution in [0.2, 0.25) is 0 Å². The molecular weight excluding hydrogens is 246 g/mol. The standard InChI is InChI=1S/C13H19N3O3/c14-11-9-10(1-2-12(11)17)13(18)15-3-4-16-5-7-19-8-6-16/h1-2,9,17H,3-8,14H2,(H,15,18). The molecule has 0 atom stereocenters. The summed E-state index contributed by atoms with van der Waals surface area (Å²) in [5.74, 6) is -0.190. The fourth-order valence-corrected chi connectivity index (χ4v) is 1.95. The average Bonchev–Trinajstić information content (AvgIpc) is 2.43. The number of hydrogen-bond donors (Lipinski definition) is 3. The third-order valence-electron chi connectivity index (χ3n) is 3.11. The van der Waals surface area contributed by atoms with Crippen LogP contribution in [-0.2, 0) is 4.74 Å². The Hall–Kier alpha value is -1.79. The first-order chi connectivity index (χ1) is 9.16. The minimum Gasteiger partial charge on any atom is -0.506 e. The smallest absolute Gasteiger partial charge is 0.251 e. The molecule has 1 aliphatic rings. The number of rotatable bonds is 4. The maximum Gasteiger partial charge on any atom is 0.251 e. The number of anilines is 1. The highest BCUT2D eigenvalue weighted by Gasteiger charge is 2.11. The summed E-state index contributed by atoms with van der Waals surface area (Å²) in [5, 5.41) is 12.1. The first-order valence-electron chi connectivity index (χ1n) is 6.33. The molecule has 0 spiro atoms. The van der Waals surface area contributed by atoms with E-state index >= 15 is 0 Å². The Kier molecular flexibility index (Phi) is 4.59. The van der Waals surface area contributed by atoms with Crippen LogP contribution >= 0.6 is 0 Å². The first kappa shape index (κ1) is 13.6. The number of aromatic hydroxyl groups is 1. The zero-order valence-corrected chi connectivity index (χ0v) is 10.8. The maximum absolute atomic E-state index is 11.9. The molecule has 1 aromatic rings. The van der Waals surface area contributed by atoms with Crippen LogP contribution in [0.3, 0.4) is 0 Å². The van der Waals surface area contributed by atoms with Crippen molar-refractivity contribution in [3.05, 3.63) is 23.8 Å². The average molecular weight is 265 g/mol. The molecule has 104 valence electrons. The van der Waals surface area contributed by atoms with Crippen LogP contribution in [0.4, 0.5) is 5.69 Å². The van der Waals surface area contributed by atoms with Gasteiger partial charge < -0.3 is 20.9 Å². The fraction of sp³-hybridized carbons (Fsp3) is 0.462. The molecule has 1 aliphatic heterocycles. The van der Waals surface area contributed by atoms with E-state index in [1.807, 2.05) is 0 Å². The number of nitrogen functional groups attached to an aromatic ring is 1. The van der Waals surface area contributed by atoms with Crippen molar-refractivity contribution in [2.45, 2.75) is 0 Å². The third-order valence-corrected chi connectivity index (χ3v) is 3.11. The molecule has 1 fully saturated rings. The van der Waals surface area contributed by atoms with Gasteiger partial charge >= 0.3 is 0 Å². The molecule has 1 saturated heterocycles. The van der Waals surface area contributed by atoms with Gasteiger partial charge in [-0.2, -0.15) is 0 Å². The number of ether oxygens (including phenoxy) is 1. The van der Waals surface area contributed by atoms with Gasteiger partial charge in [0.05, 0.1) is 18.9 Å². The summed E-state index contributed by atoms with van der Waals surface area (Å²) in [6.45, 7) is 4.71. The number of nitrogens with two attached hydrogens (primary N) is 1. The number of phenolic OH excluding ortho intramolecular Hbond substituents is 1. The van der Waals surface area contributed by atoms with Gasteiger partial charge in [-0.15, -0.1) is 0 Å². The lowest BCUT2D eigenvalue weighted by Crippen LogP contribution is -2.41. The van der Waals surface area contributed by atoms with Crippen LogP contribution in [0.25, 0.3) is 0 Å². The van der Waals surface area contributed by atoms with Crippen molar-refractivity contribution in [1.29, 1.82) is 0 Å². The summed E-state index contributed by atoms with van der Waals surface area (Å²) in [5.41, 5.74) is 6.22. The van der Waals surface area contributed by atoms with E-state index in [9.17, 15) is 9.90 Å². The van der Waals surface area contributed by atoms with Crippen molar-refractivity contribution in [3.8, 4) is 5.75 Å². The van der Waals surface area contributed by atoms with E-state index < -0.39 is 0 Å². The van der Waals surface area contributed by atoms with Crippen molar-refractivity contribution in [2.24, 2.45) is 0 Å². The highest BCUT2D eigenvalue weighted by Crippen LogP contribution is 2.20. The van der Waals surface area contributed by atoms with Gasteiger partial charge in [0.25, 0.3) is 5.91 Å². The molecule has 6 heteroatoms. The van der Waals surface area contributed by atoms with Gasteiger partial charge in [0, 0.05) is 31.7 Å². The first-order valence-corrected chi connectivity index (χ1v) is 6.33. The van der Waals surface area contributed by atoms with Crippen molar-refractivity contribution >= 4 is 11.6 Å². The fourth-order valence-electron chi connectivity index (χ4n) is 1.95. The largest absolute Gasteiger partial charge is 0.506 e. The molecule has 19 heavy (non-hydrogen) atoms. The van der Waals surface area contributed by atoms with E-state index in [1.54, 1.807) is 6.07 Å². The second-order valence-electron chi connectivity index (χ2n) is 4.48. The van der Waals surface area contributed by atoms with Crippen molar-refractivity contribution in [2.75, 3.05) is 45.1 Å². The van der Waals surface area contributed by atoms with Crippen LogP contribution < -0.4 is 11.1 Å². The molecule has 1 aromatic carbocycles. The molecule has 0 radical (unpaired) electrons. The molecule has 4 N–H and O–H groups in total. The summed E-state index contributed by atoms with van der Waals surface area (Å²) in [6.07, 6.45) is 0. The second kappa shape index (κ2) is 6.40. The highest BCUT2D eigenvalue weighted by atomic mass is 16.5. The molecule has 0 bridgehead atoms. The molecule has 0 aromatic heterocycles. The summed E-state index contributed by atoms with van der Waals surface area (Å²) >= 11 is 0. The molecule has 1 heterocycles. The van der Waals surface area contributed by atoms with Crippen LogP contribution in [-0.4, -0.2) is 55.3 Å². The van der Waals surface area contributed by atoms with Gasteiger partial charge in [0.2, 0.25) is 0 Å². The Morgan fingerprint density at radius 3 is 2.84 bits per heavy atom. The predicted molar refractivity (Wildman–Crippen MR) is 72.1 cm³/mol. The van der Waals surface area contributed by atoms with Crippen molar-refractivity contribution in [1.82, 2.24) is 10.2 Å². The lowest BCUT2D eigenvalue weighted by atomic mass is 10.2. The van der Waals surface area contributed by atoms with Gasteiger partial charge in [-0.25, -0.2) is 0 Å². The number of hydrogen-bond acceptors (Lipinski definition) is 5. The molecular formula is C13H19N3O3. The Morgan fingerprint density at radius 1 is 1.42 bits per heavy atom. The van der Waals surface area contributed by atoms with Gasteiger partial charge in [-0.05, 0) is 18.2 Å². The Bertz CT molecular complexity index is 445. The minimum absolute atomic E-state index is 0.00938. The third kappa shape index (κ3) is 3.84. The van der Waals surface area contributed by atoms with Gasteiger partial charge in [-0.3, -0.25) is 9.69 Å². The molecule has 6 nitrogen and oxygen atoms in total. The number of amides is 1. The normalized spacial score (nSPS) is 16.2. The number of phenols is 1. The number of carbonyl (C=O) groups excluding carboxylic acids is 1. The summed E-state index contributed by atoms with van der Waals surface area (Å²) in [7, 11) is 0. The maximum atomic E-state index is 11.9. The Labute approximate surface area is 112 Å². The van der Waals surface area contributed by atoms with Gasteiger partial charge in [0.15, 0.2) is 0 Å². The number of nitrogens with zero attached hydrogens (tertiary/aromatic N) is 1. The number of benzene rings is 1. The number of morpholine rings is 1. The lowest BCUT2D eigenvalue weighted by molar-refractivity contribution is 0.0383. The summed E-state index contributed by atoms with van der Waals surface area (Å²) in [4.78, 5) is 14.1. The summed E-state index contributed by atoms with van der Waals surface area (Å²) in [6, 6.07) is 4.45. The SMILES string of the molecule is Nc1cc(C(=O)NCCN2CCOCC2)ccc1O. The van der Waals surface area contributed by atoms with E-state index in [1.165, 1.54) is 12.1 Å².